The molecular formula is C20H21F2N5O3S. The quantitative estimate of drug-likeness (QED) is 0.536. The molecule has 0 amide bonds. The van der Waals surface area contributed by atoms with Crippen molar-refractivity contribution in [2.24, 2.45) is 13.0 Å². The Balaban J connectivity index is 1.33. The second-order valence-electron chi connectivity index (χ2n) is 7.23. The first-order chi connectivity index (χ1) is 14.9. The van der Waals surface area contributed by atoms with Crippen molar-refractivity contribution >= 4 is 17.0 Å². The van der Waals surface area contributed by atoms with Gasteiger partial charge in [-0.25, -0.2) is 9.67 Å². The van der Waals surface area contributed by atoms with Gasteiger partial charge in [0.2, 0.25) is 5.88 Å². The Morgan fingerprint density at radius 1 is 1.32 bits per heavy atom. The molecule has 1 unspecified atom stereocenters. The lowest BCUT2D eigenvalue weighted by Gasteiger charge is -2.10. The number of aromatic nitrogens is 4. The van der Waals surface area contributed by atoms with Crippen molar-refractivity contribution in [1.82, 2.24) is 19.7 Å². The smallest absolute Gasteiger partial charge is 0.387 e. The maximum Gasteiger partial charge on any atom is 0.387 e. The van der Waals surface area contributed by atoms with Crippen molar-refractivity contribution in [1.29, 1.82) is 0 Å². The van der Waals surface area contributed by atoms with Crippen LogP contribution in [-0.4, -0.2) is 33.0 Å². The zero-order valence-electron chi connectivity index (χ0n) is 16.9. The van der Waals surface area contributed by atoms with Gasteiger partial charge in [-0.05, 0) is 25.5 Å². The number of thiazole rings is 1. The van der Waals surface area contributed by atoms with Crippen LogP contribution in [0.1, 0.15) is 27.9 Å². The summed E-state index contributed by atoms with van der Waals surface area (Å²) in [5.74, 6) is 0.824. The summed E-state index contributed by atoms with van der Waals surface area (Å²) in [7, 11) is 1.57. The predicted molar refractivity (Wildman–Crippen MR) is 111 cm³/mol. The summed E-state index contributed by atoms with van der Waals surface area (Å²) in [4.78, 5) is 21.8. The van der Waals surface area contributed by atoms with E-state index >= 15 is 0 Å². The maximum absolute atomic E-state index is 12.3. The third-order valence-electron chi connectivity index (χ3n) is 4.90. The number of pyridine rings is 1. The van der Waals surface area contributed by atoms with Crippen LogP contribution >= 0.6 is 11.3 Å². The van der Waals surface area contributed by atoms with E-state index in [1.165, 1.54) is 16.9 Å². The highest BCUT2D eigenvalue weighted by Crippen LogP contribution is 2.46. The molecule has 3 aromatic heterocycles. The van der Waals surface area contributed by atoms with E-state index < -0.39 is 6.61 Å². The minimum atomic E-state index is -2.87. The van der Waals surface area contributed by atoms with Gasteiger partial charge in [-0.3, -0.25) is 9.78 Å². The molecule has 2 atom stereocenters. The highest BCUT2D eigenvalue weighted by molar-refractivity contribution is 7.11. The fourth-order valence-corrected chi connectivity index (χ4v) is 3.95. The lowest BCUT2D eigenvalue weighted by molar-refractivity contribution is -0.0500. The van der Waals surface area contributed by atoms with Crippen molar-refractivity contribution < 1.29 is 18.3 Å². The van der Waals surface area contributed by atoms with Gasteiger partial charge in [0.1, 0.15) is 11.4 Å². The van der Waals surface area contributed by atoms with Crippen LogP contribution in [0.3, 0.4) is 0 Å². The van der Waals surface area contributed by atoms with E-state index in [4.69, 9.17) is 4.74 Å². The first-order valence-corrected chi connectivity index (χ1v) is 10.5. The first-order valence-electron chi connectivity index (χ1n) is 9.66. The molecule has 0 aliphatic heterocycles. The van der Waals surface area contributed by atoms with Gasteiger partial charge in [0.15, 0.2) is 0 Å². The number of alkyl halides is 2. The number of hydrogen-bond acceptors (Lipinski definition) is 8. The zero-order valence-corrected chi connectivity index (χ0v) is 17.7. The number of nitrogens with one attached hydrogen (secondary N) is 1. The molecular weight excluding hydrogens is 428 g/mol. The van der Waals surface area contributed by atoms with Gasteiger partial charge in [0.25, 0.3) is 5.56 Å². The van der Waals surface area contributed by atoms with Crippen LogP contribution in [0.2, 0.25) is 0 Å². The third kappa shape index (κ3) is 5.35. The lowest BCUT2D eigenvalue weighted by atomic mass is 10.2. The van der Waals surface area contributed by atoms with Gasteiger partial charge < -0.3 is 14.8 Å². The normalized spacial score (nSPS) is 17.6. The summed E-state index contributed by atoms with van der Waals surface area (Å²) in [5, 5.41) is 8.25. The van der Waals surface area contributed by atoms with Crippen molar-refractivity contribution in [3.8, 4) is 11.6 Å². The minimum Gasteiger partial charge on any atom is -0.476 e. The molecule has 1 aliphatic carbocycles. The number of hydrogen-bond donors (Lipinski definition) is 1. The Morgan fingerprint density at radius 2 is 2.16 bits per heavy atom. The fourth-order valence-electron chi connectivity index (χ4n) is 3.22. The molecule has 0 radical (unpaired) electrons. The molecule has 3 aromatic rings. The summed E-state index contributed by atoms with van der Waals surface area (Å²) in [6.45, 7) is -0.0289. The topological polar surface area (TPSA) is 91.2 Å². The van der Waals surface area contributed by atoms with E-state index in [1.54, 1.807) is 36.7 Å². The molecule has 4 rings (SSSR count). The predicted octanol–water partition coefficient (Wildman–Crippen LogP) is 3.34. The first kappa shape index (κ1) is 21.2. The molecule has 164 valence electrons. The molecule has 11 heteroatoms. The number of nitrogens with zero attached hydrogens (tertiary/aromatic N) is 4. The Labute approximate surface area is 180 Å². The molecule has 0 aromatic carbocycles. The summed E-state index contributed by atoms with van der Waals surface area (Å²) in [6, 6.07) is 4.78. The van der Waals surface area contributed by atoms with Gasteiger partial charge >= 0.3 is 6.61 Å². The number of halogens is 2. The van der Waals surface area contributed by atoms with Crippen LogP contribution in [0.15, 0.2) is 35.4 Å². The van der Waals surface area contributed by atoms with Gasteiger partial charge in [-0.2, -0.15) is 8.78 Å². The molecule has 0 bridgehead atoms. The van der Waals surface area contributed by atoms with Crippen LogP contribution in [0, 0.1) is 12.8 Å². The minimum absolute atomic E-state index is 0.0372. The number of rotatable bonds is 9. The van der Waals surface area contributed by atoms with Gasteiger partial charge in [0.05, 0.1) is 24.4 Å². The summed E-state index contributed by atoms with van der Waals surface area (Å²) in [5.41, 5.74) is 0.973. The number of aryl methyl sites for hydroxylation is 2. The largest absolute Gasteiger partial charge is 0.476 e. The van der Waals surface area contributed by atoms with Crippen LogP contribution in [-0.2, 0) is 13.6 Å². The maximum atomic E-state index is 12.3. The molecule has 1 N–H and O–H groups in total. The lowest BCUT2D eigenvalue weighted by Crippen LogP contribution is -2.24. The van der Waals surface area contributed by atoms with Gasteiger partial charge in [-0.1, -0.05) is 0 Å². The molecule has 3 heterocycles. The molecule has 0 spiro atoms. The van der Waals surface area contributed by atoms with Crippen LogP contribution in [0.25, 0.3) is 0 Å². The zero-order chi connectivity index (χ0) is 22.0. The molecule has 8 nitrogen and oxygen atoms in total. The molecule has 31 heavy (non-hydrogen) atoms. The monoisotopic (exact) mass is 449 g/mol. The average molecular weight is 449 g/mol. The van der Waals surface area contributed by atoms with Gasteiger partial charge in [-0.15, -0.1) is 16.4 Å². The molecule has 0 saturated heterocycles. The van der Waals surface area contributed by atoms with E-state index in [0.29, 0.717) is 24.7 Å². The second kappa shape index (κ2) is 8.96. The summed E-state index contributed by atoms with van der Waals surface area (Å²) < 4.78 is 35.8. The SMILES string of the molecule is Cc1ncc(CNc2cc(OCC3C[C@H]3c3ccc(OC(F)F)cn3)nn(C)c2=O)s1. The highest BCUT2D eigenvalue weighted by Gasteiger charge is 2.40. The van der Waals surface area contributed by atoms with Crippen LogP contribution < -0.4 is 20.3 Å². The van der Waals surface area contributed by atoms with Crippen molar-refractivity contribution in [3.05, 3.63) is 56.5 Å². The number of ether oxygens (including phenoxy) is 2. The van der Waals surface area contributed by atoms with E-state index in [2.05, 4.69) is 25.1 Å². The fraction of sp³-hybridized carbons (Fsp3) is 0.400. The van der Waals surface area contributed by atoms with Crippen LogP contribution in [0.5, 0.6) is 11.6 Å². The van der Waals surface area contributed by atoms with Crippen molar-refractivity contribution in [2.75, 3.05) is 11.9 Å². The van der Waals surface area contributed by atoms with E-state index in [0.717, 1.165) is 22.0 Å². The van der Waals surface area contributed by atoms with Crippen molar-refractivity contribution in [2.45, 2.75) is 32.4 Å². The average Bonchev–Trinajstić information content (AvgIpc) is 3.39. The van der Waals surface area contributed by atoms with E-state index in [9.17, 15) is 13.6 Å². The van der Waals surface area contributed by atoms with Crippen LogP contribution in [0.4, 0.5) is 14.5 Å². The third-order valence-corrected chi connectivity index (χ3v) is 5.81. The summed E-state index contributed by atoms with van der Waals surface area (Å²) >= 11 is 1.57. The molecule has 1 saturated carbocycles. The highest BCUT2D eigenvalue weighted by atomic mass is 32.1. The van der Waals surface area contributed by atoms with E-state index in [1.807, 2.05) is 6.92 Å². The Hall–Kier alpha value is -3.08. The van der Waals surface area contributed by atoms with E-state index in [-0.39, 0.29) is 23.1 Å². The second-order valence-corrected chi connectivity index (χ2v) is 8.55. The van der Waals surface area contributed by atoms with Gasteiger partial charge in [0, 0.05) is 41.7 Å². The standard InChI is InChI=1S/C20H21F2N5O3S/c1-11-23-8-14(31-11)9-25-17-6-18(26-27(2)19(17)28)29-10-12-5-15(12)16-4-3-13(7-24-16)30-20(21)22/h3-4,6-8,12,15,20,25H,5,9-10H2,1-2H3/t12?,15-/m1/s1. The molecule has 1 fully saturated rings. The van der Waals surface area contributed by atoms with Crippen molar-refractivity contribution in [3.63, 3.8) is 0 Å². The Kier molecular flexibility index (Phi) is 6.12. The summed E-state index contributed by atoms with van der Waals surface area (Å²) in [6.07, 6.45) is 3.96. The number of anilines is 1. The Morgan fingerprint density at radius 3 is 2.84 bits per heavy atom. The molecule has 1 aliphatic rings. The Bertz CT molecular complexity index is 1100.